The minimum absolute atomic E-state index is 0.324. The van der Waals surface area contributed by atoms with Crippen molar-refractivity contribution < 1.29 is 4.79 Å². The van der Waals surface area contributed by atoms with Gasteiger partial charge in [-0.05, 0) is 46.9 Å². The largest absolute Gasteiger partial charge is 0.396 e. The molecule has 3 rings (SSSR count). The Morgan fingerprint density at radius 3 is 2.16 bits per heavy atom. The van der Waals surface area contributed by atoms with Gasteiger partial charge in [-0.1, -0.05) is 48.5 Å². The van der Waals surface area contributed by atoms with Crippen LogP contribution in [0, 0.1) is 6.92 Å². The number of anilines is 2. The fourth-order valence-electron chi connectivity index (χ4n) is 2.97. The molecule has 0 bridgehead atoms. The summed E-state index contributed by atoms with van der Waals surface area (Å²) < 4.78 is 0. The van der Waals surface area contributed by atoms with Crippen LogP contribution in [-0.4, -0.2) is 13.0 Å². The minimum atomic E-state index is -0.535. The van der Waals surface area contributed by atoms with Gasteiger partial charge in [0.25, 0.3) is 5.91 Å². The third-order valence-corrected chi connectivity index (χ3v) is 4.39. The zero-order valence-corrected chi connectivity index (χ0v) is 14.3. The molecule has 25 heavy (non-hydrogen) atoms. The van der Waals surface area contributed by atoms with Crippen molar-refractivity contribution in [2.45, 2.75) is 6.92 Å². The number of amides is 1. The molecule has 0 atom stereocenters. The summed E-state index contributed by atoms with van der Waals surface area (Å²) >= 11 is 0. The van der Waals surface area contributed by atoms with Crippen LogP contribution in [0.15, 0.2) is 60.7 Å². The number of carbonyl (C=O) groups is 1. The maximum Gasteiger partial charge on any atom is 0.250 e. The first-order valence-corrected chi connectivity index (χ1v) is 8.08. The Morgan fingerprint density at radius 1 is 0.920 bits per heavy atom. The van der Waals surface area contributed by atoms with Crippen molar-refractivity contribution in [3.05, 3.63) is 71.8 Å². The Morgan fingerprint density at radius 2 is 1.56 bits per heavy atom. The molecule has 0 aliphatic heterocycles. The number of benzene rings is 3. The number of nitrogens with one attached hydrogen (secondary N) is 1. The summed E-state index contributed by atoms with van der Waals surface area (Å²) in [6.45, 7) is 2.10. The average molecular weight is 331 g/mol. The second-order valence-corrected chi connectivity index (χ2v) is 5.99. The molecule has 4 heteroatoms. The molecule has 0 unspecified atom stereocenters. The van der Waals surface area contributed by atoms with Gasteiger partial charge in [0.2, 0.25) is 0 Å². The number of nitrogen functional groups attached to an aromatic ring is 1. The van der Waals surface area contributed by atoms with E-state index in [4.69, 9.17) is 11.5 Å². The second kappa shape index (κ2) is 6.69. The molecule has 0 aliphatic carbocycles. The van der Waals surface area contributed by atoms with Gasteiger partial charge in [-0.15, -0.1) is 0 Å². The Labute approximate surface area is 147 Å². The molecule has 0 aliphatic rings. The number of nitrogens with two attached hydrogens (primary N) is 2. The Hall–Kier alpha value is -3.27. The molecule has 5 N–H and O–H groups in total. The summed E-state index contributed by atoms with van der Waals surface area (Å²) in [5.74, 6) is -0.535. The monoisotopic (exact) mass is 331 g/mol. The van der Waals surface area contributed by atoms with Gasteiger partial charge in [-0.3, -0.25) is 4.79 Å². The van der Waals surface area contributed by atoms with Crippen LogP contribution < -0.4 is 16.8 Å². The molecule has 4 nitrogen and oxygen atoms in total. The first-order valence-electron chi connectivity index (χ1n) is 8.08. The molecule has 0 spiro atoms. The van der Waals surface area contributed by atoms with Crippen LogP contribution in [0.4, 0.5) is 11.4 Å². The summed E-state index contributed by atoms with van der Waals surface area (Å²) in [6, 6.07) is 20.2. The maximum atomic E-state index is 11.7. The zero-order valence-electron chi connectivity index (χ0n) is 14.3. The predicted molar refractivity (Wildman–Crippen MR) is 105 cm³/mol. The average Bonchev–Trinajstić information content (AvgIpc) is 2.62. The summed E-state index contributed by atoms with van der Waals surface area (Å²) in [5, 5.41) is 3.01. The fraction of sp³-hybridized carbons (Fsp3) is 0.0952. The van der Waals surface area contributed by atoms with Crippen molar-refractivity contribution in [1.29, 1.82) is 0 Å². The van der Waals surface area contributed by atoms with Crippen molar-refractivity contribution >= 4 is 17.3 Å². The van der Waals surface area contributed by atoms with Crippen molar-refractivity contribution in [3.8, 4) is 22.3 Å². The first-order chi connectivity index (χ1) is 12.0. The zero-order chi connectivity index (χ0) is 18.0. The van der Waals surface area contributed by atoms with Gasteiger partial charge in [0, 0.05) is 7.05 Å². The minimum Gasteiger partial charge on any atom is -0.396 e. The van der Waals surface area contributed by atoms with Gasteiger partial charge in [0.15, 0.2) is 0 Å². The van der Waals surface area contributed by atoms with Gasteiger partial charge in [0.05, 0.1) is 16.9 Å². The topological polar surface area (TPSA) is 81.1 Å². The summed E-state index contributed by atoms with van der Waals surface area (Å²) in [7, 11) is 1.77. The van der Waals surface area contributed by atoms with E-state index in [1.165, 1.54) is 11.1 Å². The van der Waals surface area contributed by atoms with E-state index in [-0.39, 0.29) is 0 Å². The van der Waals surface area contributed by atoms with Gasteiger partial charge >= 0.3 is 0 Å². The standard InChI is InChI=1S/C21H21N3O/c1-13-5-3-4-6-17(13)15-9-7-14(8-10-15)16-11-18(21(23)25)20(22)19(12-16)24-2/h3-12,24H,22H2,1-2H3,(H2,23,25). The maximum absolute atomic E-state index is 11.7. The number of carbonyl (C=O) groups excluding carboxylic acids is 1. The van der Waals surface area contributed by atoms with Gasteiger partial charge in [-0.2, -0.15) is 0 Å². The summed E-state index contributed by atoms with van der Waals surface area (Å²) in [4.78, 5) is 11.7. The predicted octanol–water partition coefficient (Wildman–Crippen LogP) is 4.05. The van der Waals surface area contributed by atoms with E-state index in [1.807, 2.05) is 30.3 Å². The molecule has 3 aromatic rings. The third kappa shape index (κ3) is 3.19. The number of primary amides is 1. The summed E-state index contributed by atoms with van der Waals surface area (Å²) in [6.07, 6.45) is 0. The lowest BCUT2D eigenvalue weighted by Crippen LogP contribution is -2.14. The molecule has 0 heterocycles. The lowest BCUT2D eigenvalue weighted by Gasteiger charge is -2.13. The molecule has 126 valence electrons. The molecule has 0 fully saturated rings. The van der Waals surface area contributed by atoms with Crippen LogP contribution in [0.3, 0.4) is 0 Å². The highest BCUT2D eigenvalue weighted by Crippen LogP contribution is 2.32. The third-order valence-electron chi connectivity index (χ3n) is 4.39. The quantitative estimate of drug-likeness (QED) is 0.631. The lowest BCUT2D eigenvalue weighted by atomic mass is 9.96. The number of hydrogen-bond acceptors (Lipinski definition) is 3. The molecule has 0 saturated carbocycles. The number of aryl methyl sites for hydroxylation is 1. The smallest absolute Gasteiger partial charge is 0.250 e. The van der Waals surface area contributed by atoms with Gasteiger partial charge in [0.1, 0.15) is 0 Å². The molecule has 0 saturated heterocycles. The van der Waals surface area contributed by atoms with Crippen LogP contribution in [-0.2, 0) is 0 Å². The summed E-state index contributed by atoms with van der Waals surface area (Å²) in [5.41, 5.74) is 18.3. The Kier molecular flexibility index (Phi) is 4.44. The SMILES string of the molecule is CNc1cc(-c2ccc(-c3ccccc3C)cc2)cc(C(N)=O)c1N. The van der Waals surface area contributed by atoms with Crippen LogP contribution in [0.25, 0.3) is 22.3 Å². The normalized spacial score (nSPS) is 10.5. The number of hydrogen-bond donors (Lipinski definition) is 3. The molecule has 3 aromatic carbocycles. The first kappa shape index (κ1) is 16.6. The van der Waals surface area contributed by atoms with E-state index in [0.717, 1.165) is 16.7 Å². The van der Waals surface area contributed by atoms with Crippen molar-refractivity contribution in [2.75, 3.05) is 18.1 Å². The van der Waals surface area contributed by atoms with E-state index >= 15 is 0 Å². The van der Waals surface area contributed by atoms with Crippen LogP contribution >= 0.6 is 0 Å². The second-order valence-electron chi connectivity index (χ2n) is 5.99. The van der Waals surface area contributed by atoms with Crippen LogP contribution in [0.1, 0.15) is 15.9 Å². The number of rotatable bonds is 4. The fourth-order valence-corrected chi connectivity index (χ4v) is 2.97. The van der Waals surface area contributed by atoms with E-state index in [2.05, 4.69) is 36.5 Å². The van der Waals surface area contributed by atoms with E-state index in [0.29, 0.717) is 16.9 Å². The van der Waals surface area contributed by atoms with Crippen molar-refractivity contribution in [3.63, 3.8) is 0 Å². The molecule has 0 radical (unpaired) electrons. The highest BCUT2D eigenvalue weighted by Gasteiger charge is 2.13. The highest BCUT2D eigenvalue weighted by atomic mass is 16.1. The lowest BCUT2D eigenvalue weighted by molar-refractivity contribution is 0.100. The van der Waals surface area contributed by atoms with Gasteiger partial charge in [-0.25, -0.2) is 0 Å². The van der Waals surface area contributed by atoms with Crippen LogP contribution in [0.5, 0.6) is 0 Å². The molecular weight excluding hydrogens is 310 g/mol. The van der Waals surface area contributed by atoms with E-state index in [1.54, 1.807) is 13.1 Å². The Bertz CT molecular complexity index is 930. The molecule has 0 aromatic heterocycles. The van der Waals surface area contributed by atoms with Gasteiger partial charge < -0.3 is 16.8 Å². The highest BCUT2D eigenvalue weighted by molar-refractivity contribution is 6.02. The van der Waals surface area contributed by atoms with Crippen molar-refractivity contribution in [2.24, 2.45) is 5.73 Å². The molecular formula is C21H21N3O. The van der Waals surface area contributed by atoms with E-state index in [9.17, 15) is 4.79 Å². The Balaban J connectivity index is 2.05. The van der Waals surface area contributed by atoms with E-state index < -0.39 is 5.91 Å². The van der Waals surface area contributed by atoms with Crippen molar-refractivity contribution in [1.82, 2.24) is 0 Å². The molecule has 1 amide bonds. The van der Waals surface area contributed by atoms with Crippen LogP contribution in [0.2, 0.25) is 0 Å².